The maximum absolute atomic E-state index is 11.7. The Morgan fingerprint density at radius 1 is 1.47 bits per heavy atom. The molecule has 0 aliphatic carbocycles. The first-order valence-electron chi connectivity index (χ1n) is 4.84. The molecular formula is C10H8Cl2N2O3. The van der Waals surface area contributed by atoms with E-state index in [0.29, 0.717) is 5.69 Å². The maximum Gasteiger partial charge on any atom is 0.308 e. The second-order valence-corrected chi connectivity index (χ2v) is 4.43. The average Bonchev–Trinajstić information content (AvgIpc) is 2.61. The summed E-state index contributed by atoms with van der Waals surface area (Å²) in [6.45, 7) is 0.108. The van der Waals surface area contributed by atoms with E-state index in [-0.39, 0.29) is 29.2 Å². The van der Waals surface area contributed by atoms with Gasteiger partial charge in [-0.05, 0) is 12.1 Å². The molecule has 5 nitrogen and oxygen atoms in total. The fourth-order valence-electron chi connectivity index (χ4n) is 1.71. The van der Waals surface area contributed by atoms with Crippen LogP contribution in [-0.4, -0.2) is 28.5 Å². The molecule has 1 unspecified atom stereocenters. The first-order valence-corrected chi connectivity index (χ1v) is 5.60. The SMILES string of the molecule is O=C(O)C1CC(=O)N(c2ccc(Cl)nc2Cl)C1. The van der Waals surface area contributed by atoms with Gasteiger partial charge in [0.15, 0.2) is 5.15 Å². The highest BCUT2D eigenvalue weighted by atomic mass is 35.5. The third-order valence-corrected chi connectivity index (χ3v) is 3.05. The lowest BCUT2D eigenvalue weighted by atomic mass is 10.1. The number of hydrogen-bond acceptors (Lipinski definition) is 3. The van der Waals surface area contributed by atoms with Crippen LogP contribution in [0.15, 0.2) is 12.1 Å². The molecule has 1 aromatic heterocycles. The first-order chi connectivity index (χ1) is 7.99. The summed E-state index contributed by atoms with van der Waals surface area (Å²) in [7, 11) is 0. The lowest BCUT2D eigenvalue weighted by Crippen LogP contribution is -2.26. The first kappa shape index (κ1) is 12.1. The van der Waals surface area contributed by atoms with Gasteiger partial charge in [-0.25, -0.2) is 4.98 Å². The quantitative estimate of drug-likeness (QED) is 0.836. The topological polar surface area (TPSA) is 70.5 Å². The number of carboxylic acids is 1. The van der Waals surface area contributed by atoms with Crippen LogP contribution in [0.1, 0.15) is 6.42 Å². The normalized spacial score (nSPS) is 19.8. The van der Waals surface area contributed by atoms with Crippen molar-refractivity contribution >= 4 is 40.8 Å². The van der Waals surface area contributed by atoms with E-state index in [4.69, 9.17) is 28.3 Å². The van der Waals surface area contributed by atoms with Crippen molar-refractivity contribution in [3.8, 4) is 0 Å². The molecule has 1 amide bonds. The number of pyridine rings is 1. The van der Waals surface area contributed by atoms with Crippen molar-refractivity contribution in [2.75, 3.05) is 11.4 Å². The van der Waals surface area contributed by atoms with Crippen LogP contribution in [0, 0.1) is 5.92 Å². The van der Waals surface area contributed by atoms with Crippen molar-refractivity contribution in [2.24, 2.45) is 5.92 Å². The number of amides is 1. The molecule has 1 aliphatic rings. The van der Waals surface area contributed by atoms with Gasteiger partial charge in [0.25, 0.3) is 0 Å². The number of hydrogen-bond donors (Lipinski definition) is 1. The van der Waals surface area contributed by atoms with Crippen molar-refractivity contribution < 1.29 is 14.7 Å². The zero-order chi connectivity index (χ0) is 12.6. The summed E-state index contributed by atoms with van der Waals surface area (Å²) in [4.78, 5) is 27.6. The molecule has 90 valence electrons. The van der Waals surface area contributed by atoms with Gasteiger partial charge < -0.3 is 10.0 Å². The monoisotopic (exact) mass is 274 g/mol. The zero-order valence-electron chi connectivity index (χ0n) is 8.56. The van der Waals surface area contributed by atoms with E-state index >= 15 is 0 Å². The largest absolute Gasteiger partial charge is 0.481 e. The molecule has 2 heterocycles. The molecule has 0 radical (unpaired) electrons. The van der Waals surface area contributed by atoms with Gasteiger partial charge in [-0.2, -0.15) is 0 Å². The smallest absolute Gasteiger partial charge is 0.308 e. The number of anilines is 1. The number of halogens is 2. The van der Waals surface area contributed by atoms with E-state index in [1.165, 1.54) is 11.0 Å². The lowest BCUT2D eigenvalue weighted by molar-refractivity contribution is -0.141. The summed E-state index contributed by atoms with van der Waals surface area (Å²) in [5.41, 5.74) is 0.393. The Labute approximate surface area is 107 Å². The summed E-state index contributed by atoms with van der Waals surface area (Å²) < 4.78 is 0. The van der Waals surface area contributed by atoms with E-state index in [0.717, 1.165) is 0 Å². The molecule has 0 spiro atoms. The maximum atomic E-state index is 11.7. The Bertz CT molecular complexity index is 492. The standard InChI is InChI=1S/C10H8Cl2N2O3/c11-7-2-1-6(9(12)13-7)14-4-5(10(16)17)3-8(14)15/h1-2,5H,3-4H2,(H,16,17). The van der Waals surface area contributed by atoms with E-state index in [1.807, 2.05) is 0 Å². The minimum Gasteiger partial charge on any atom is -0.481 e. The summed E-state index contributed by atoms with van der Waals surface area (Å²) in [6.07, 6.45) is -0.0196. The highest BCUT2D eigenvalue weighted by molar-refractivity contribution is 6.34. The lowest BCUT2D eigenvalue weighted by Gasteiger charge is -2.16. The molecule has 0 aromatic carbocycles. The Kier molecular flexibility index (Phi) is 3.22. The fourth-order valence-corrected chi connectivity index (χ4v) is 2.16. The molecule has 1 saturated heterocycles. The minimum absolute atomic E-state index is 0.0196. The number of aliphatic carboxylic acids is 1. The summed E-state index contributed by atoms with van der Waals surface area (Å²) in [5, 5.41) is 9.18. The molecule has 1 aromatic rings. The number of carbonyl (C=O) groups excluding carboxylic acids is 1. The highest BCUT2D eigenvalue weighted by Crippen LogP contribution is 2.31. The third kappa shape index (κ3) is 2.35. The van der Waals surface area contributed by atoms with E-state index in [2.05, 4.69) is 4.98 Å². The van der Waals surface area contributed by atoms with Crippen LogP contribution in [0.5, 0.6) is 0 Å². The Hall–Kier alpha value is -1.33. The van der Waals surface area contributed by atoms with Crippen molar-refractivity contribution in [1.82, 2.24) is 4.98 Å². The molecule has 17 heavy (non-hydrogen) atoms. The Balaban J connectivity index is 2.29. The molecule has 0 saturated carbocycles. The van der Waals surface area contributed by atoms with E-state index in [9.17, 15) is 9.59 Å². The van der Waals surface area contributed by atoms with Crippen LogP contribution in [0.2, 0.25) is 10.3 Å². The second kappa shape index (κ2) is 4.50. The van der Waals surface area contributed by atoms with Crippen LogP contribution in [0.25, 0.3) is 0 Å². The van der Waals surface area contributed by atoms with Gasteiger partial charge in [0.1, 0.15) is 5.15 Å². The molecule has 2 rings (SSSR count). The van der Waals surface area contributed by atoms with Crippen LogP contribution >= 0.6 is 23.2 Å². The van der Waals surface area contributed by atoms with Gasteiger partial charge >= 0.3 is 5.97 Å². The van der Waals surface area contributed by atoms with Crippen molar-refractivity contribution in [1.29, 1.82) is 0 Å². The number of carboxylic acid groups (broad SMARTS) is 1. The Morgan fingerprint density at radius 2 is 2.18 bits per heavy atom. The van der Waals surface area contributed by atoms with Crippen LogP contribution < -0.4 is 4.90 Å². The fraction of sp³-hybridized carbons (Fsp3) is 0.300. The molecular weight excluding hydrogens is 267 g/mol. The summed E-state index contributed by atoms with van der Waals surface area (Å²) in [5.74, 6) is -1.96. The number of carbonyl (C=O) groups is 2. The molecule has 7 heteroatoms. The van der Waals surface area contributed by atoms with Crippen molar-refractivity contribution in [3.63, 3.8) is 0 Å². The molecule has 0 bridgehead atoms. The second-order valence-electron chi connectivity index (χ2n) is 3.69. The van der Waals surface area contributed by atoms with Gasteiger partial charge in [0.05, 0.1) is 11.6 Å². The molecule has 1 atom stereocenters. The number of aromatic nitrogens is 1. The minimum atomic E-state index is -0.987. The van der Waals surface area contributed by atoms with Gasteiger partial charge in [-0.15, -0.1) is 0 Å². The molecule has 1 N–H and O–H groups in total. The number of rotatable bonds is 2. The number of nitrogens with zero attached hydrogens (tertiary/aromatic N) is 2. The third-order valence-electron chi connectivity index (χ3n) is 2.56. The van der Waals surface area contributed by atoms with Crippen molar-refractivity contribution in [3.05, 3.63) is 22.4 Å². The van der Waals surface area contributed by atoms with Gasteiger partial charge in [0.2, 0.25) is 5.91 Å². The van der Waals surface area contributed by atoms with Crippen molar-refractivity contribution in [2.45, 2.75) is 6.42 Å². The van der Waals surface area contributed by atoms with Crippen LogP contribution in [-0.2, 0) is 9.59 Å². The summed E-state index contributed by atoms with van der Waals surface area (Å²) in [6, 6.07) is 3.06. The summed E-state index contributed by atoms with van der Waals surface area (Å²) >= 11 is 11.5. The van der Waals surface area contributed by atoms with Gasteiger partial charge in [-0.1, -0.05) is 23.2 Å². The van der Waals surface area contributed by atoms with Crippen LogP contribution in [0.4, 0.5) is 5.69 Å². The van der Waals surface area contributed by atoms with Gasteiger partial charge in [-0.3, -0.25) is 9.59 Å². The van der Waals surface area contributed by atoms with Crippen LogP contribution in [0.3, 0.4) is 0 Å². The van der Waals surface area contributed by atoms with E-state index < -0.39 is 11.9 Å². The molecule has 1 fully saturated rings. The average molecular weight is 275 g/mol. The highest BCUT2D eigenvalue weighted by Gasteiger charge is 2.36. The van der Waals surface area contributed by atoms with Gasteiger partial charge in [0, 0.05) is 13.0 Å². The molecule has 1 aliphatic heterocycles. The zero-order valence-corrected chi connectivity index (χ0v) is 10.1. The predicted octanol–water partition coefficient (Wildman–Crippen LogP) is 1.83. The van der Waals surface area contributed by atoms with E-state index in [1.54, 1.807) is 6.07 Å². The Morgan fingerprint density at radius 3 is 2.71 bits per heavy atom. The predicted molar refractivity (Wildman–Crippen MR) is 62.4 cm³/mol.